The van der Waals surface area contributed by atoms with E-state index in [9.17, 15) is 2.74 Å². The van der Waals surface area contributed by atoms with E-state index in [2.05, 4.69) is 133 Å². The number of aryl methyl sites for hydroxylation is 2. The zero-order valence-corrected chi connectivity index (χ0v) is 32.2. The Bertz CT molecular complexity index is 2350. The quantitative estimate of drug-likeness (QED) is 0.184. The molecule has 1 aliphatic carbocycles. The molecule has 266 valence electrons. The van der Waals surface area contributed by atoms with Crippen LogP contribution >= 0.6 is 0 Å². The fourth-order valence-corrected chi connectivity index (χ4v) is 8.16. The van der Waals surface area contributed by atoms with Gasteiger partial charge in [0.1, 0.15) is 22.9 Å². The third-order valence-corrected chi connectivity index (χ3v) is 11.2. The van der Waals surface area contributed by atoms with E-state index in [-0.39, 0.29) is 16.7 Å². The first-order chi connectivity index (χ1) is 25.4. The molecule has 0 unspecified atom stereocenters. The monoisotopic (exact) mass is 691 g/mol. The van der Waals surface area contributed by atoms with Gasteiger partial charge in [0.2, 0.25) is 5.90 Å². The number of ether oxygens (including phenoxy) is 2. The molecule has 0 saturated carbocycles. The summed E-state index contributed by atoms with van der Waals surface area (Å²) in [5, 5.41) is 0. The summed E-state index contributed by atoms with van der Waals surface area (Å²) < 4.78 is 32.2. The van der Waals surface area contributed by atoms with Crippen molar-refractivity contribution in [3.63, 3.8) is 0 Å². The van der Waals surface area contributed by atoms with Gasteiger partial charge in [0, 0.05) is 32.4 Å². The van der Waals surface area contributed by atoms with Gasteiger partial charge in [-0.1, -0.05) is 90.4 Å². The summed E-state index contributed by atoms with van der Waals surface area (Å²) in [6, 6.07) is 28.9. The lowest BCUT2D eigenvalue weighted by atomic mass is 9.73. The second kappa shape index (κ2) is 12.1. The van der Waals surface area contributed by atoms with E-state index in [0.29, 0.717) is 23.8 Å². The third kappa shape index (κ3) is 5.79. The van der Waals surface area contributed by atoms with Gasteiger partial charge in [0.05, 0.1) is 17.4 Å². The van der Waals surface area contributed by atoms with E-state index in [4.69, 9.17) is 19.5 Å². The van der Waals surface area contributed by atoms with Crippen molar-refractivity contribution in [2.75, 3.05) is 4.90 Å². The molecular formula is C47H51N3O2. The fourth-order valence-electron chi connectivity index (χ4n) is 8.16. The van der Waals surface area contributed by atoms with Crippen molar-refractivity contribution in [2.45, 2.75) is 110 Å². The van der Waals surface area contributed by atoms with Crippen LogP contribution in [0.2, 0.25) is 0 Å². The number of hydrogen-bond donors (Lipinski definition) is 0. The molecule has 5 nitrogen and oxygen atoms in total. The summed E-state index contributed by atoms with van der Waals surface area (Å²) >= 11 is 0. The van der Waals surface area contributed by atoms with Crippen molar-refractivity contribution in [1.82, 2.24) is 4.98 Å². The van der Waals surface area contributed by atoms with Crippen LogP contribution in [-0.4, -0.2) is 22.5 Å². The van der Waals surface area contributed by atoms with E-state index < -0.39 is 18.0 Å². The Morgan fingerprint density at radius 3 is 2.42 bits per heavy atom. The van der Waals surface area contributed by atoms with Crippen LogP contribution in [0.25, 0.3) is 0 Å². The minimum atomic E-state index is -1.68. The van der Waals surface area contributed by atoms with Crippen LogP contribution in [-0.2, 0) is 28.4 Å². The SMILES string of the molecule is [2H]C1([2H])c2cc(C)cc(C)c2C[C@]2(C)OC(c3cc(Oc4ccc5c(c4)N(c4cc(C(C)(C)C)ccn4)c4ccccc4C5(C)C)cc(C(C)C)c3)=N[C@@H]12. The standard InChI is InChI=1S/C47H51N3O2/c1-28(2)31-21-33(44-49-42-24-32-20-29(3)19-30(4)37(32)27-47(42,10)52-44)23-36(22-31)51-35-15-16-39-41(26-35)50(40-14-12-11-13-38(40)46(39,8)9)43-25-34(17-18-48-43)45(5,6)7/h11-23,25-26,28,42H,24,27H2,1-10H3/t42-,47-/m0/s1/i24D2. The maximum atomic E-state index is 9.32. The number of aromatic nitrogens is 1. The number of pyridine rings is 1. The van der Waals surface area contributed by atoms with Crippen molar-refractivity contribution < 1.29 is 12.2 Å². The number of hydrogen-bond acceptors (Lipinski definition) is 5. The number of rotatable bonds is 5. The summed E-state index contributed by atoms with van der Waals surface area (Å²) in [6.45, 7) is 21.7. The number of anilines is 3. The smallest absolute Gasteiger partial charge is 0.217 e. The van der Waals surface area contributed by atoms with E-state index in [0.717, 1.165) is 50.6 Å². The van der Waals surface area contributed by atoms with Crippen LogP contribution in [0, 0.1) is 13.8 Å². The Morgan fingerprint density at radius 2 is 1.65 bits per heavy atom. The predicted molar refractivity (Wildman–Crippen MR) is 213 cm³/mol. The van der Waals surface area contributed by atoms with Crippen LogP contribution in [0.3, 0.4) is 0 Å². The van der Waals surface area contributed by atoms with Crippen molar-refractivity contribution in [3.8, 4) is 11.5 Å². The highest BCUT2D eigenvalue weighted by atomic mass is 16.5. The normalized spacial score (nSPS) is 21.6. The maximum Gasteiger partial charge on any atom is 0.217 e. The molecule has 0 fully saturated rings. The minimum absolute atomic E-state index is 0.0352. The van der Waals surface area contributed by atoms with Crippen LogP contribution < -0.4 is 9.64 Å². The molecule has 0 bridgehead atoms. The number of nitrogens with zero attached hydrogens (tertiary/aromatic N) is 3. The van der Waals surface area contributed by atoms with Gasteiger partial charge >= 0.3 is 0 Å². The number of benzene rings is 4. The molecule has 0 spiro atoms. The van der Waals surface area contributed by atoms with Crippen LogP contribution in [0.1, 0.15) is 114 Å². The van der Waals surface area contributed by atoms with Crippen molar-refractivity contribution in [1.29, 1.82) is 0 Å². The van der Waals surface area contributed by atoms with Gasteiger partial charge in [-0.25, -0.2) is 9.98 Å². The first-order valence-electron chi connectivity index (χ1n) is 19.6. The zero-order valence-electron chi connectivity index (χ0n) is 34.2. The molecular weight excluding hydrogens is 639 g/mol. The Morgan fingerprint density at radius 1 is 0.885 bits per heavy atom. The molecule has 0 N–H and O–H groups in total. The second-order valence-corrected chi connectivity index (χ2v) is 17.0. The van der Waals surface area contributed by atoms with E-state index in [1.54, 1.807) is 0 Å². The maximum absolute atomic E-state index is 9.32. The van der Waals surface area contributed by atoms with Crippen molar-refractivity contribution >= 4 is 23.1 Å². The minimum Gasteiger partial charge on any atom is -0.468 e. The van der Waals surface area contributed by atoms with E-state index in [1.165, 1.54) is 16.7 Å². The highest BCUT2D eigenvalue weighted by Crippen LogP contribution is 2.53. The van der Waals surface area contributed by atoms with Crippen LogP contribution in [0.15, 0.2) is 96.1 Å². The molecule has 2 aliphatic heterocycles. The Balaban J connectivity index is 1.19. The lowest BCUT2D eigenvalue weighted by molar-refractivity contribution is 0.0701. The molecule has 5 aromatic rings. The lowest BCUT2D eigenvalue weighted by Crippen LogP contribution is -2.44. The summed E-state index contributed by atoms with van der Waals surface area (Å²) in [5.74, 6) is 2.92. The number of para-hydroxylation sites is 1. The summed E-state index contributed by atoms with van der Waals surface area (Å²) in [5.41, 5.74) is 10.5. The Hall–Kier alpha value is -4.90. The second-order valence-electron chi connectivity index (χ2n) is 17.0. The first kappa shape index (κ1) is 31.8. The van der Waals surface area contributed by atoms with E-state index >= 15 is 0 Å². The fraction of sp³-hybridized carbons (Fsp3) is 0.362. The molecule has 0 amide bonds. The highest BCUT2D eigenvalue weighted by molar-refractivity contribution is 5.96. The largest absolute Gasteiger partial charge is 0.468 e. The van der Waals surface area contributed by atoms with Crippen molar-refractivity contribution in [3.05, 3.63) is 141 Å². The predicted octanol–water partition coefficient (Wildman–Crippen LogP) is 11.7. The summed E-state index contributed by atoms with van der Waals surface area (Å²) in [7, 11) is 0. The van der Waals surface area contributed by atoms with Gasteiger partial charge in [-0.3, -0.25) is 4.90 Å². The molecule has 52 heavy (non-hydrogen) atoms. The van der Waals surface area contributed by atoms with Crippen molar-refractivity contribution in [2.24, 2.45) is 4.99 Å². The molecule has 4 aromatic carbocycles. The van der Waals surface area contributed by atoms with Gasteiger partial charge in [0.25, 0.3) is 0 Å². The molecule has 8 rings (SSSR count). The summed E-state index contributed by atoms with van der Waals surface area (Å²) in [6.07, 6.45) is 0.823. The van der Waals surface area contributed by atoms with Crippen LogP contribution in [0.4, 0.5) is 17.2 Å². The Labute approximate surface area is 312 Å². The zero-order chi connectivity index (χ0) is 38.5. The molecule has 3 heterocycles. The molecule has 0 radical (unpaired) electrons. The Kier molecular flexibility index (Phi) is 7.39. The van der Waals surface area contributed by atoms with Gasteiger partial charge < -0.3 is 9.47 Å². The molecule has 5 heteroatoms. The van der Waals surface area contributed by atoms with Gasteiger partial charge in [-0.15, -0.1) is 0 Å². The molecule has 1 aromatic heterocycles. The third-order valence-electron chi connectivity index (χ3n) is 11.2. The lowest BCUT2D eigenvalue weighted by Gasteiger charge is -2.41. The van der Waals surface area contributed by atoms with Gasteiger partial charge in [0.15, 0.2) is 0 Å². The molecule has 3 aliphatic rings. The average molecular weight is 692 g/mol. The topological polar surface area (TPSA) is 47.0 Å². The van der Waals surface area contributed by atoms with E-state index in [1.807, 2.05) is 32.2 Å². The molecule has 0 saturated heterocycles. The summed E-state index contributed by atoms with van der Waals surface area (Å²) in [4.78, 5) is 12.2. The molecule has 2 atom stereocenters. The van der Waals surface area contributed by atoms with Crippen LogP contribution in [0.5, 0.6) is 11.5 Å². The van der Waals surface area contributed by atoms with Gasteiger partial charge in [-0.2, -0.15) is 0 Å². The highest BCUT2D eigenvalue weighted by Gasteiger charge is 2.47. The van der Waals surface area contributed by atoms with Gasteiger partial charge in [-0.05, 0) is 120 Å². The number of aliphatic imine (C=N–C) groups is 1. The average Bonchev–Trinajstić information content (AvgIpc) is 3.47. The number of fused-ring (bicyclic) bond motifs is 4. The first-order valence-corrected chi connectivity index (χ1v) is 18.6.